The van der Waals surface area contributed by atoms with E-state index in [2.05, 4.69) is 0 Å². The zero-order chi connectivity index (χ0) is 11.0. The molecule has 0 aromatic carbocycles. The van der Waals surface area contributed by atoms with Gasteiger partial charge >= 0.3 is 0 Å². The molecule has 0 amide bonds. The van der Waals surface area contributed by atoms with E-state index in [1.54, 1.807) is 0 Å². The van der Waals surface area contributed by atoms with Crippen LogP contribution < -0.4 is 0 Å². The van der Waals surface area contributed by atoms with E-state index in [9.17, 15) is 0 Å². The molecule has 0 aliphatic heterocycles. The van der Waals surface area contributed by atoms with Crippen molar-refractivity contribution in [3.8, 4) is 0 Å². The summed E-state index contributed by atoms with van der Waals surface area (Å²) < 4.78 is 6.11. The van der Waals surface area contributed by atoms with E-state index in [0.717, 1.165) is 18.9 Å². The summed E-state index contributed by atoms with van der Waals surface area (Å²) >= 11 is 6.41. The summed E-state index contributed by atoms with van der Waals surface area (Å²) in [5, 5.41) is 0.406. The molecule has 1 spiro atoms. The topological polar surface area (TPSA) is 9.23 Å². The Morgan fingerprint density at radius 3 is 2.44 bits per heavy atom. The third-order valence-electron chi connectivity index (χ3n) is 5.29. The molecule has 2 heteroatoms. The van der Waals surface area contributed by atoms with Crippen LogP contribution in [0, 0.1) is 11.3 Å². The van der Waals surface area contributed by atoms with Crippen molar-refractivity contribution >= 4 is 11.6 Å². The lowest BCUT2D eigenvalue weighted by Crippen LogP contribution is -2.54. The standard InChI is InChI=1S/C14H23ClO/c15-12-10-13(14(12)7-1-2-8-14)16-9-6-11-4-3-5-11/h11-13H,1-10H2. The van der Waals surface area contributed by atoms with Gasteiger partial charge in [0, 0.05) is 17.4 Å². The molecule has 0 saturated heterocycles. The van der Waals surface area contributed by atoms with E-state index >= 15 is 0 Å². The summed E-state index contributed by atoms with van der Waals surface area (Å²) in [6.45, 7) is 0.987. The molecular formula is C14H23ClO. The Morgan fingerprint density at radius 1 is 1.12 bits per heavy atom. The normalized spacial score (nSPS) is 37.3. The summed E-state index contributed by atoms with van der Waals surface area (Å²) in [5.41, 5.74) is 0.390. The van der Waals surface area contributed by atoms with Gasteiger partial charge in [0.1, 0.15) is 0 Å². The first kappa shape index (κ1) is 11.3. The van der Waals surface area contributed by atoms with E-state index in [-0.39, 0.29) is 0 Å². The molecule has 0 bridgehead atoms. The average molecular weight is 243 g/mol. The lowest BCUT2D eigenvalue weighted by Gasteiger charge is -2.51. The summed E-state index contributed by atoms with van der Waals surface area (Å²) in [7, 11) is 0. The molecule has 3 aliphatic carbocycles. The summed E-state index contributed by atoms with van der Waals surface area (Å²) in [6.07, 6.45) is 12.6. The van der Waals surface area contributed by atoms with Crippen LogP contribution in [0.3, 0.4) is 0 Å². The fourth-order valence-electron chi connectivity index (χ4n) is 3.76. The predicted octanol–water partition coefficient (Wildman–Crippen LogP) is 4.13. The van der Waals surface area contributed by atoms with Gasteiger partial charge in [0.15, 0.2) is 0 Å². The number of hydrogen-bond acceptors (Lipinski definition) is 1. The monoisotopic (exact) mass is 242 g/mol. The van der Waals surface area contributed by atoms with Gasteiger partial charge in [0.2, 0.25) is 0 Å². The van der Waals surface area contributed by atoms with Gasteiger partial charge in [-0.1, -0.05) is 32.1 Å². The summed E-state index contributed by atoms with van der Waals surface area (Å²) in [6, 6.07) is 0. The Morgan fingerprint density at radius 2 is 1.88 bits per heavy atom. The van der Waals surface area contributed by atoms with E-state index in [1.807, 2.05) is 0 Å². The van der Waals surface area contributed by atoms with Crippen molar-refractivity contribution in [1.82, 2.24) is 0 Å². The first-order chi connectivity index (χ1) is 7.81. The van der Waals surface area contributed by atoms with Crippen molar-refractivity contribution in [3.63, 3.8) is 0 Å². The van der Waals surface area contributed by atoms with Crippen molar-refractivity contribution in [3.05, 3.63) is 0 Å². The highest BCUT2D eigenvalue weighted by Gasteiger charge is 2.55. The van der Waals surface area contributed by atoms with Gasteiger partial charge in [-0.2, -0.15) is 0 Å². The van der Waals surface area contributed by atoms with Crippen molar-refractivity contribution in [2.75, 3.05) is 6.61 Å². The molecule has 0 N–H and O–H groups in total. The lowest BCUT2D eigenvalue weighted by atomic mass is 9.64. The molecule has 2 atom stereocenters. The van der Waals surface area contributed by atoms with Gasteiger partial charge in [-0.15, -0.1) is 11.6 Å². The van der Waals surface area contributed by atoms with Crippen LogP contribution in [-0.4, -0.2) is 18.1 Å². The minimum absolute atomic E-state index is 0.390. The molecule has 92 valence electrons. The van der Waals surface area contributed by atoms with Gasteiger partial charge < -0.3 is 4.74 Å². The molecule has 0 aromatic heterocycles. The van der Waals surface area contributed by atoms with E-state index in [1.165, 1.54) is 51.4 Å². The first-order valence-electron chi connectivity index (χ1n) is 7.07. The Bertz CT molecular complexity index is 243. The minimum atomic E-state index is 0.390. The molecule has 0 radical (unpaired) electrons. The maximum absolute atomic E-state index is 6.41. The fourth-order valence-corrected chi connectivity index (χ4v) is 4.28. The van der Waals surface area contributed by atoms with E-state index in [0.29, 0.717) is 16.9 Å². The smallest absolute Gasteiger partial charge is 0.0659 e. The minimum Gasteiger partial charge on any atom is -0.378 e. The third kappa shape index (κ3) is 1.80. The first-order valence-corrected chi connectivity index (χ1v) is 7.50. The highest BCUT2D eigenvalue weighted by Crippen LogP contribution is 2.57. The zero-order valence-corrected chi connectivity index (χ0v) is 10.8. The number of ether oxygens (including phenoxy) is 1. The average Bonchev–Trinajstić information content (AvgIpc) is 2.71. The Labute approximate surface area is 104 Å². The van der Waals surface area contributed by atoms with Crippen molar-refractivity contribution < 1.29 is 4.74 Å². The van der Waals surface area contributed by atoms with Crippen molar-refractivity contribution in [2.24, 2.45) is 11.3 Å². The number of halogens is 1. The van der Waals surface area contributed by atoms with Crippen LogP contribution in [0.2, 0.25) is 0 Å². The Balaban J connectivity index is 1.44. The second-order valence-corrected chi connectivity index (χ2v) is 6.62. The summed E-state index contributed by atoms with van der Waals surface area (Å²) in [4.78, 5) is 0. The molecule has 1 nitrogen and oxygen atoms in total. The van der Waals surface area contributed by atoms with E-state index < -0.39 is 0 Å². The highest BCUT2D eigenvalue weighted by atomic mass is 35.5. The second-order valence-electron chi connectivity index (χ2n) is 6.09. The lowest BCUT2D eigenvalue weighted by molar-refractivity contribution is -0.108. The third-order valence-corrected chi connectivity index (χ3v) is 5.90. The molecule has 16 heavy (non-hydrogen) atoms. The fraction of sp³-hybridized carbons (Fsp3) is 1.00. The van der Waals surface area contributed by atoms with Crippen LogP contribution in [0.1, 0.15) is 57.8 Å². The maximum atomic E-state index is 6.41. The van der Waals surface area contributed by atoms with Crippen LogP contribution >= 0.6 is 11.6 Å². The van der Waals surface area contributed by atoms with E-state index in [4.69, 9.17) is 16.3 Å². The molecule has 3 fully saturated rings. The van der Waals surface area contributed by atoms with Crippen LogP contribution in [0.15, 0.2) is 0 Å². The second kappa shape index (κ2) is 4.49. The highest BCUT2D eigenvalue weighted by molar-refractivity contribution is 6.21. The zero-order valence-electron chi connectivity index (χ0n) is 10.1. The molecule has 0 heterocycles. The van der Waals surface area contributed by atoms with Crippen LogP contribution in [-0.2, 0) is 4.74 Å². The van der Waals surface area contributed by atoms with Gasteiger partial charge in [0.05, 0.1) is 6.10 Å². The summed E-state index contributed by atoms with van der Waals surface area (Å²) in [5.74, 6) is 0.978. The predicted molar refractivity (Wildman–Crippen MR) is 66.9 cm³/mol. The Kier molecular flexibility index (Phi) is 3.19. The Hall–Kier alpha value is 0.250. The largest absolute Gasteiger partial charge is 0.378 e. The number of hydrogen-bond donors (Lipinski definition) is 0. The molecular weight excluding hydrogens is 220 g/mol. The van der Waals surface area contributed by atoms with Gasteiger partial charge in [0.25, 0.3) is 0 Å². The molecule has 3 saturated carbocycles. The number of rotatable bonds is 4. The molecule has 2 unspecified atom stereocenters. The van der Waals surface area contributed by atoms with Gasteiger partial charge in [-0.25, -0.2) is 0 Å². The SMILES string of the molecule is ClC1CC(OCCC2CCC2)C12CCCC2. The van der Waals surface area contributed by atoms with Crippen LogP contribution in [0.25, 0.3) is 0 Å². The molecule has 3 aliphatic rings. The maximum Gasteiger partial charge on any atom is 0.0659 e. The van der Waals surface area contributed by atoms with Crippen molar-refractivity contribution in [1.29, 1.82) is 0 Å². The molecule has 0 aromatic rings. The quantitative estimate of drug-likeness (QED) is 0.674. The van der Waals surface area contributed by atoms with Gasteiger partial charge in [-0.05, 0) is 31.6 Å². The number of alkyl halides is 1. The molecule has 3 rings (SSSR count). The van der Waals surface area contributed by atoms with Crippen LogP contribution in [0.5, 0.6) is 0 Å². The van der Waals surface area contributed by atoms with Crippen LogP contribution in [0.4, 0.5) is 0 Å². The van der Waals surface area contributed by atoms with Gasteiger partial charge in [-0.3, -0.25) is 0 Å². The van der Waals surface area contributed by atoms with Crippen molar-refractivity contribution in [2.45, 2.75) is 69.3 Å².